The molecule has 1 unspecified atom stereocenters. The van der Waals surface area contributed by atoms with E-state index in [1.54, 1.807) is 0 Å². The molecular formula is C17H21ClO2. The van der Waals surface area contributed by atoms with Gasteiger partial charge in [0.15, 0.2) is 0 Å². The smallest absolute Gasteiger partial charge is 0.119 e. The summed E-state index contributed by atoms with van der Waals surface area (Å²) in [6.07, 6.45) is 4.42. The van der Waals surface area contributed by atoms with Crippen LogP contribution in [0.4, 0.5) is 0 Å². The molecule has 1 aromatic carbocycles. The highest BCUT2D eigenvalue weighted by Crippen LogP contribution is 2.19. The molecule has 0 spiro atoms. The molecule has 0 amide bonds. The molecular weight excluding hydrogens is 272 g/mol. The van der Waals surface area contributed by atoms with Crippen LogP contribution in [-0.2, 0) is 4.74 Å². The zero-order valence-corrected chi connectivity index (χ0v) is 12.7. The summed E-state index contributed by atoms with van der Waals surface area (Å²) >= 11 is 5.61. The topological polar surface area (TPSA) is 18.5 Å². The summed E-state index contributed by atoms with van der Waals surface area (Å²) in [4.78, 5) is 0. The molecule has 0 radical (unpaired) electrons. The van der Waals surface area contributed by atoms with Gasteiger partial charge in [0.25, 0.3) is 0 Å². The Hall–Kier alpha value is -1.17. The lowest BCUT2D eigenvalue weighted by atomic mass is 10.1. The largest absolute Gasteiger partial charge is 0.493 e. The van der Waals surface area contributed by atoms with Crippen molar-refractivity contribution in [2.45, 2.75) is 38.7 Å². The molecule has 0 saturated carbocycles. The van der Waals surface area contributed by atoms with E-state index < -0.39 is 0 Å². The van der Waals surface area contributed by atoms with Crippen molar-refractivity contribution >= 4 is 11.6 Å². The maximum absolute atomic E-state index is 5.78. The average Bonchev–Trinajstić information content (AvgIpc) is 2.95. The maximum atomic E-state index is 5.78. The Balaban J connectivity index is 1.83. The molecule has 0 aliphatic carbocycles. The minimum Gasteiger partial charge on any atom is -0.493 e. The minimum atomic E-state index is 0.386. The second-order valence-electron chi connectivity index (χ2n) is 4.99. The molecule has 1 aliphatic rings. The number of hydrogen-bond acceptors (Lipinski definition) is 2. The molecule has 1 saturated heterocycles. The standard InChI is InChI=1S/C17H21ClO2/c1-14-13-17(8-7-15(14)5-2-3-10-18)20-12-9-16-6-4-11-19-16/h7-8,13,16H,3-4,6,9-12H2,1H3. The van der Waals surface area contributed by atoms with Gasteiger partial charge in [0.2, 0.25) is 0 Å². The van der Waals surface area contributed by atoms with E-state index in [4.69, 9.17) is 21.1 Å². The molecule has 1 aromatic rings. The molecule has 0 aromatic heterocycles. The number of rotatable bonds is 5. The summed E-state index contributed by atoms with van der Waals surface area (Å²) in [5.74, 6) is 7.67. The van der Waals surface area contributed by atoms with Gasteiger partial charge in [-0.1, -0.05) is 11.8 Å². The third kappa shape index (κ3) is 4.74. The number of alkyl halides is 1. The van der Waals surface area contributed by atoms with Crippen LogP contribution in [0.5, 0.6) is 5.75 Å². The van der Waals surface area contributed by atoms with Crippen molar-refractivity contribution in [3.63, 3.8) is 0 Å². The molecule has 3 heteroatoms. The third-order valence-electron chi connectivity index (χ3n) is 3.37. The fourth-order valence-electron chi connectivity index (χ4n) is 2.25. The lowest BCUT2D eigenvalue weighted by Crippen LogP contribution is -2.10. The first-order chi connectivity index (χ1) is 9.79. The predicted molar refractivity (Wildman–Crippen MR) is 82.5 cm³/mol. The van der Waals surface area contributed by atoms with E-state index in [2.05, 4.69) is 18.8 Å². The van der Waals surface area contributed by atoms with E-state index in [0.29, 0.717) is 18.6 Å². The Labute approximate surface area is 126 Å². The number of aryl methyl sites for hydroxylation is 1. The van der Waals surface area contributed by atoms with Crippen molar-refractivity contribution in [3.8, 4) is 17.6 Å². The van der Waals surface area contributed by atoms with Gasteiger partial charge in [-0.3, -0.25) is 0 Å². The highest BCUT2D eigenvalue weighted by atomic mass is 35.5. The van der Waals surface area contributed by atoms with Crippen LogP contribution >= 0.6 is 11.6 Å². The van der Waals surface area contributed by atoms with Crippen LogP contribution in [0.15, 0.2) is 18.2 Å². The van der Waals surface area contributed by atoms with Gasteiger partial charge in [-0.25, -0.2) is 0 Å². The van der Waals surface area contributed by atoms with Gasteiger partial charge in [0, 0.05) is 30.9 Å². The van der Waals surface area contributed by atoms with Crippen molar-refractivity contribution in [1.82, 2.24) is 0 Å². The van der Waals surface area contributed by atoms with Crippen molar-refractivity contribution < 1.29 is 9.47 Å². The van der Waals surface area contributed by atoms with Gasteiger partial charge in [-0.05, 0) is 43.5 Å². The van der Waals surface area contributed by atoms with Crippen LogP contribution in [0, 0.1) is 18.8 Å². The van der Waals surface area contributed by atoms with Gasteiger partial charge in [-0.2, -0.15) is 0 Å². The van der Waals surface area contributed by atoms with E-state index in [0.717, 1.165) is 42.7 Å². The monoisotopic (exact) mass is 292 g/mol. The van der Waals surface area contributed by atoms with Crippen LogP contribution < -0.4 is 4.74 Å². The summed E-state index contributed by atoms with van der Waals surface area (Å²) in [7, 11) is 0. The normalized spacial score (nSPS) is 17.6. The lowest BCUT2D eigenvalue weighted by Gasteiger charge is -2.11. The quantitative estimate of drug-likeness (QED) is 0.605. The molecule has 0 bridgehead atoms. The Morgan fingerprint density at radius 1 is 1.45 bits per heavy atom. The second-order valence-corrected chi connectivity index (χ2v) is 5.37. The van der Waals surface area contributed by atoms with Gasteiger partial charge < -0.3 is 9.47 Å². The fraction of sp³-hybridized carbons (Fsp3) is 0.529. The molecule has 0 N–H and O–H groups in total. The van der Waals surface area contributed by atoms with Crippen molar-refractivity contribution in [2.24, 2.45) is 0 Å². The average molecular weight is 293 g/mol. The zero-order chi connectivity index (χ0) is 14.2. The third-order valence-corrected chi connectivity index (χ3v) is 3.56. The molecule has 20 heavy (non-hydrogen) atoms. The summed E-state index contributed by atoms with van der Waals surface area (Å²) in [5.41, 5.74) is 2.18. The molecule has 1 atom stereocenters. The molecule has 108 valence electrons. The van der Waals surface area contributed by atoms with Gasteiger partial charge in [0.1, 0.15) is 5.75 Å². The van der Waals surface area contributed by atoms with Crippen LogP contribution in [0.2, 0.25) is 0 Å². The minimum absolute atomic E-state index is 0.386. The van der Waals surface area contributed by atoms with E-state index >= 15 is 0 Å². The highest BCUT2D eigenvalue weighted by molar-refractivity contribution is 6.18. The van der Waals surface area contributed by atoms with E-state index in [9.17, 15) is 0 Å². The summed E-state index contributed by atoms with van der Waals surface area (Å²) in [6.45, 7) is 3.67. The summed E-state index contributed by atoms with van der Waals surface area (Å²) in [6, 6.07) is 6.03. The number of benzene rings is 1. The Morgan fingerprint density at radius 3 is 3.05 bits per heavy atom. The molecule has 1 heterocycles. The van der Waals surface area contributed by atoms with Gasteiger partial charge >= 0.3 is 0 Å². The number of ether oxygens (including phenoxy) is 2. The molecule has 1 aliphatic heterocycles. The fourth-order valence-corrected chi connectivity index (χ4v) is 2.35. The van der Waals surface area contributed by atoms with Crippen molar-refractivity contribution in [1.29, 1.82) is 0 Å². The van der Waals surface area contributed by atoms with Crippen LogP contribution in [-0.4, -0.2) is 25.2 Å². The first kappa shape index (κ1) is 15.2. The second kappa shape index (κ2) is 8.19. The maximum Gasteiger partial charge on any atom is 0.119 e. The van der Waals surface area contributed by atoms with E-state index in [-0.39, 0.29) is 0 Å². The van der Waals surface area contributed by atoms with Gasteiger partial charge in [0.05, 0.1) is 12.7 Å². The van der Waals surface area contributed by atoms with Crippen LogP contribution in [0.25, 0.3) is 0 Å². The number of halogens is 1. The van der Waals surface area contributed by atoms with Crippen LogP contribution in [0.3, 0.4) is 0 Å². The Bertz CT molecular complexity index is 481. The van der Waals surface area contributed by atoms with Crippen molar-refractivity contribution in [2.75, 3.05) is 19.1 Å². The van der Waals surface area contributed by atoms with Crippen molar-refractivity contribution in [3.05, 3.63) is 29.3 Å². The first-order valence-corrected chi connectivity index (χ1v) is 7.73. The summed E-state index contributed by atoms with van der Waals surface area (Å²) in [5, 5.41) is 0. The van der Waals surface area contributed by atoms with Gasteiger partial charge in [-0.15, -0.1) is 11.6 Å². The lowest BCUT2D eigenvalue weighted by molar-refractivity contribution is 0.0903. The SMILES string of the molecule is Cc1cc(OCCC2CCCO2)ccc1C#CCCCl. The first-order valence-electron chi connectivity index (χ1n) is 7.19. The predicted octanol–water partition coefficient (Wildman–Crippen LogP) is 3.92. The highest BCUT2D eigenvalue weighted by Gasteiger charge is 2.15. The summed E-state index contributed by atoms with van der Waals surface area (Å²) < 4.78 is 11.4. The van der Waals surface area contributed by atoms with E-state index in [1.165, 1.54) is 6.42 Å². The Morgan fingerprint density at radius 2 is 2.35 bits per heavy atom. The number of hydrogen-bond donors (Lipinski definition) is 0. The van der Waals surface area contributed by atoms with Crippen LogP contribution in [0.1, 0.15) is 36.8 Å². The Kier molecular flexibility index (Phi) is 6.24. The van der Waals surface area contributed by atoms with E-state index in [1.807, 2.05) is 18.2 Å². The molecule has 2 nitrogen and oxygen atoms in total. The molecule has 1 fully saturated rings. The zero-order valence-electron chi connectivity index (χ0n) is 12.0. The molecule has 2 rings (SSSR count).